The Morgan fingerprint density at radius 1 is 1.22 bits per heavy atom. The molecule has 1 aromatic carbocycles. The van der Waals surface area contributed by atoms with E-state index in [0.717, 1.165) is 38.0 Å². The lowest BCUT2D eigenvalue weighted by atomic mass is 9.93. The van der Waals surface area contributed by atoms with E-state index >= 15 is 0 Å². The van der Waals surface area contributed by atoms with Gasteiger partial charge in [0.25, 0.3) is 0 Å². The third-order valence-electron chi connectivity index (χ3n) is 4.89. The van der Waals surface area contributed by atoms with Gasteiger partial charge in [0.05, 0.1) is 22.6 Å². The minimum absolute atomic E-state index is 0.159. The maximum atomic E-state index is 12.2. The van der Waals surface area contributed by atoms with Gasteiger partial charge in [0.2, 0.25) is 0 Å². The highest BCUT2D eigenvalue weighted by atomic mass is 32.2. The van der Waals surface area contributed by atoms with Gasteiger partial charge in [0, 0.05) is 19.1 Å². The van der Waals surface area contributed by atoms with E-state index in [4.69, 9.17) is 10.00 Å². The van der Waals surface area contributed by atoms with Crippen LogP contribution in [0.1, 0.15) is 31.2 Å². The number of sulfone groups is 1. The Morgan fingerprint density at radius 2 is 1.96 bits per heavy atom. The van der Waals surface area contributed by atoms with Gasteiger partial charge in [-0.2, -0.15) is 5.26 Å². The summed E-state index contributed by atoms with van der Waals surface area (Å²) in [6.07, 6.45) is 3.92. The highest BCUT2D eigenvalue weighted by molar-refractivity contribution is 7.92. The average Bonchev–Trinajstić information content (AvgIpc) is 2.58. The summed E-state index contributed by atoms with van der Waals surface area (Å²) in [5, 5.41) is 8.60. The van der Waals surface area contributed by atoms with E-state index in [2.05, 4.69) is 11.0 Å². The van der Waals surface area contributed by atoms with E-state index in [0.29, 0.717) is 18.7 Å². The van der Waals surface area contributed by atoms with Crippen LogP contribution >= 0.6 is 0 Å². The lowest BCUT2D eigenvalue weighted by Gasteiger charge is -2.43. The Bertz CT molecular complexity index is 679. The molecular weight excluding hydrogens is 312 g/mol. The maximum absolute atomic E-state index is 12.2. The fourth-order valence-electron chi connectivity index (χ4n) is 3.66. The van der Waals surface area contributed by atoms with Crippen molar-refractivity contribution in [1.82, 2.24) is 4.90 Å². The van der Waals surface area contributed by atoms with Crippen LogP contribution < -0.4 is 4.74 Å². The Morgan fingerprint density at radius 3 is 2.70 bits per heavy atom. The van der Waals surface area contributed by atoms with Crippen LogP contribution in [0.15, 0.2) is 24.3 Å². The van der Waals surface area contributed by atoms with Crippen molar-refractivity contribution in [1.29, 1.82) is 5.26 Å². The van der Waals surface area contributed by atoms with Crippen LogP contribution in [0.2, 0.25) is 0 Å². The molecule has 0 spiro atoms. The molecule has 1 saturated carbocycles. The molecular formula is C17H22N2O3S. The molecule has 0 bridgehead atoms. The molecule has 6 heteroatoms. The van der Waals surface area contributed by atoms with Crippen LogP contribution in [0.4, 0.5) is 0 Å². The molecule has 1 aliphatic heterocycles. The number of ether oxygens (including phenoxy) is 1. The van der Waals surface area contributed by atoms with Gasteiger partial charge in [0.15, 0.2) is 9.84 Å². The van der Waals surface area contributed by atoms with Crippen molar-refractivity contribution >= 4 is 9.84 Å². The molecule has 2 fully saturated rings. The Kier molecular flexibility index (Phi) is 4.88. The van der Waals surface area contributed by atoms with Crippen molar-refractivity contribution < 1.29 is 13.2 Å². The molecule has 0 N–H and O–H groups in total. The molecule has 0 aromatic heterocycles. The third kappa shape index (κ3) is 3.67. The van der Waals surface area contributed by atoms with Crippen molar-refractivity contribution in [3.05, 3.63) is 29.8 Å². The predicted molar refractivity (Wildman–Crippen MR) is 88.1 cm³/mol. The van der Waals surface area contributed by atoms with E-state index in [1.54, 1.807) is 24.3 Å². The summed E-state index contributed by atoms with van der Waals surface area (Å²) in [4.78, 5) is 2.29. The van der Waals surface area contributed by atoms with Gasteiger partial charge in [-0.1, -0.05) is 12.8 Å². The van der Waals surface area contributed by atoms with Crippen LogP contribution in [0, 0.1) is 11.3 Å². The van der Waals surface area contributed by atoms with Crippen molar-refractivity contribution in [2.75, 3.05) is 25.4 Å². The van der Waals surface area contributed by atoms with Crippen LogP contribution in [0.5, 0.6) is 5.75 Å². The summed E-state index contributed by atoms with van der Waals surface area (Å²) in [6, 6.07) is 9.30. The predicted octanol–water partition coefficient (Wildman–Crippen LogP) is 1.98. The minimum Gasteiger partial charge on any atom is -0.492 e. The van der Waals surface area contributed by atoms with Gasteiger partial charge in [-0.15, -0.1) is 0 Å². The van der Waals surface area contributed by atoms with E-state index in [-0.39, 0.29) is 17.0 Å². The normalized spacial score (nSPS) is 26.9. The lowest BCUT2D eigenvalue weighted by molar-refractivity contribution is 0.131. The second kappa shape index (κ2) is 6.90. The molecule has 0 amide bonds. The molecule has 0 radical (unpaired) electrons. The molecule has 0 unspecified atom stereocenters. The summed E-state index contributed by atoms with van der Waals surface area (Å²) < 4.78 is 30.2. The van der Waals surface area contributed by atoms with Gasteiger partial charge in [-0.25, -0.2) is 8.42 Å². The van der Waals surface area contributed by atoms with E-state index in [1.165, 1.54) is 0 Å². The molecule has 23 heavy (non-hydrogen) atoms. The topological polar surface area (TPSA) is 70.4 Å². The zero-order chi connectivity index (χ0) is 16.3. The summed E-state index contributed by atoms with van der Waals surface area (Å²) >= 11 is 0. The minimum atomic E-state index is -2.91. The highest BCUT2D eigenvalue weighted by Crippen LogP contribution is 2.31. The van der Waals surface area contributed by atoms with Crippen LogP contribution in [-0.2, 0) is 9.84 Å². The van der Waals surface area contributed by atoms with E-state index in [1.807, 2.05) is 0 Å². The smallest absolute Gasteiger partial charge is 0.155 e. The standard InChI is InChI=1S/C17H22N2O3S/c18-13-14-5-7-15(8-6-14)22-11-9-19-10-12-23(20,21)17-4-2-1-3-16(17)19/h5-8,16-17H,1-4,9-12H2/t16-,17-/m0/s1. The van der Waals surface area contributed by atoms with Crippen LogP contribution in [0.3, 0.4) is 0 Å². The SMILES string of the molecule is N#Cc1ccc(OCCN2CCS(=O)(=O)[C@H]3CCCC[C@@H]32)cc1. The number of rotatable bonds is 4. The second-order valence-corrected chi connectivity index (χ2v) is 8.62. The number of benzene rings is 1. The Balaban J connectivity index is 1.56. The Labute approximate surface area is 137 Å². The number of nitriles is 1. The second-order valence-electron chi connectivity index (χ2n) is 6.28. The van der Waals surface area contributed by atoms with Gasteiger partial charge >= 0.3 is 0 Å². The maximum Gasteiger partial charge on any atom is 0.155 e. The monoisotopic (exact) mass is 334 g/mol. The molecule has 1 heterocycles. The van der Waals surface area contributed by atoms with Crippen molar-refractivity contribution in [3.63, 3.8) is 0 Å². The van der Waals surface area contributed by atoms with Gasteiger partial charge in [-0.3, -0.25) is 4.90 Å². The number of hydrogen-bond acceptors (Lipinski definition) is 5. The number of nitrogens with zero attached hydrogens (tertiary/aromatic N) is 2. The summed E-state index contributed by atoms with van der Waals surface area (Å²) in [5.41, 5.74) is 0.614. The third-order valence-corrected chi connectivity index (χ3v) is 7.12. The molecule has 1 saturated heterocycles. The first-order valence-corrected chi connectivity index (χ1v) is 9.90. The highest BCUT2D eigenvalue weighted by Gasteiger charge is 2.42. The Hall–Kier alpha value is -1.58. The molecule has 5 nitrogen and oxygen atoms in total. The zero-order valence-electron chi connectivity index (χ0n) is 13.1. The first-order chi connectivity index (χ1) is 11.1. The molecule has 2 atom stereocenters. The van der Waals surface area contributed by atoms with Gasteiger partial charge < -0.3 is 4.74 Å². The number of hydrogen-bond donors (Lipinski definition) is 0. The molecule has 1 aliphatic carbocycles. The first kappa shape index (κ1) is 16.3. The number of fused-ring (bicyclic) bond motifs is 1. The van der Waals surface area contributed by atoms with Crippen molar-refractivity contribution in [2.45, 2.75) is 37.0 Å². The quantitative estimate of drug-likeness (QED) is 0.842. The molecule has 2 aliphatic rings. The molecule has 1 aromatic rings. The summed E-state index contributed by atoms with van der Waals surface area (Å²) in [6.45, 7) is 1.89. The van der Waals surface area contributed by atoms with Gasteiger partial charge in [-0.05, 0) is 37.1 Å². The fraction of sp³-hybridized carbons (Fsp3) is 0.588. The zero-order valence-corrected chi connectivity index (χ0v) is 14.0. The van der Waals surface area contributed by atoms with E-state index < -0.39 is 9.84 Å². The first-order valence-electron chi connectivity index (χ1n) is 8.19. The molecule has 3 rings (SSSR count). The van der Waals surface area contributed by atoms with E-state index in [9.17, 15) is 8.42 Å². The lowest BCUT2D eigenvalue weighted by Crippen LogP contribution is -2.56. The van der Waals surface area contributed by atoms with Crippen LogP contribution in [-0.4, -0.2) is 50.1 Å². The molecule has 124 valence electrons. The summed E-state index contributed by atoms with van der Waals surface area (Å²) in [5.74, 6) is 1.01. The average molecular weight is 334 g/mol. The summed E-state index contributed by atoms with van der Waals surface area (Å²) in [7, 11) is -2.91. The largest absolute Gasteiger partial charge is 0.492 e. The van der Waals surface area contributed by atoms with Gasteiger partial charge in [0.1, 0.15) is 12.4 Å². The van der Waals surface area contributed by atoms with Crippen molar-refractivity contribution in [3.8, 4) is 11.8 Å². The van der Waals surface area contributed by atoms with Crippen LogP contribution in [0.25, 0.3) is 0 Å². The fourth-order valence-corrected chi connectivity index (χ4v) is 5.76. The van der Waals surface area contributed by atoms with Crippen molar-refractivity contribution in [2.24, 2.45) is 0 Å².